The van der Waals surface area contributed by atoms with Gasteiger partial charge in [-0.3, -0.25) is 0 Å². The summed E-state index contributed by atoms with van der Waals surface area (Å²) in [4.78, 5) is 0. The van der Waals surface area contributed by atoms with Crippen LogP contribution in [0, 0.1) is 13.8 Å². The van der Waals surface area contributed by atoms with Crippen molar-refractivity contribution in [3.63, 3.8) is 0 Å². The molecule has 0 aromatic heterocycles. The third kappa shape index (κ3) is 1.55. The van der Waals surface area contributed by atoms with E-state index in [0.29, 0.717) is 12.4 Å². The maximum absolute atomic E-state index is 10.0. The van der Waals surface area contributed by atoms with Gasteiger partial charge in [-0.15, -0.1) is 0 Å². The van der Waals surface area contributed by atoms with E-state index in [1.54, 1.807) is 7.11 Å². The predicted octanol–water partition coefficient (Wildman–Crippen LogP) is 2.48. The van der Waals surface area contributed by atoms with Crippen LogP contribution in [0.5, 0.6) is 11.5 Å². The number of methoxy groups -OCH3 is 1. The van der Waals surface area contributed by atoms with Crippen LogP contribution in [0.1, 0.15) is 29.2 Å². The number of ether oxygens (including phenoxy) is 2. The maximum Gasteiger partial charge on any atom is 0.131 e. The number of aromatic hydroxyl groups is 1. The molecule has 88 valence electrons. The molecule has 1 aromatic carbocycles. The summed E-state index contributed by atoms with van der Waals surface area (Å²) in [5, 5.41) is 10.0. The lowest BCUT2D eigenvalue weighted by Gasteiger charge is -2.27. The largest absolute Gasteiger partial charge is 0.507 e. The second-order valence-electron chi connectivity index (χ2n) is 4.41. The molecule has 2 rings (SSSR count). The molecule has 1 aliphatic rings. The molecule has 0 amide bonds. The Balaban J connectivity index is 2.66. The number of benzene rings is 1. The molecular weight excluding hydrogens is 204 g/mol. The summed E-state index contributed by atoms with van der Waals surface area (Å²) in [7, 11) is 1.63. The third-order valence-electron chi connectivity index (χ3n) is 3.35. The molecule has 1 atom stereocenters. The van der Waals surface area contributed by atoms with Crippen LogP contribution in [-0.4, -0.2) is 18.3 Å². The van der Waals surface area contributed by atoms with E-state index in [1.165, 1.54) is 5.56 Å². The molecule has 0 radical (unpaired) electrons. The lowest BCUT2D eigenvalue weighted by atomic mass is 9.91. The van der Waals surface area contributed by atoms with Gasteiger partial charge >= 0.3 is 0 Å². The normalized spacial score (nSPS) is 19.4. The minimum absolute atomic E-state index is 0.206. The van der Waals surface area contributed by atoms with Crippen molar-refractivity contribution in [1.82, 2.24) is 0 Å². The topological polar surface area (TPSA) is 38.7 Å². The first-order valence-electron chi connectivity index (χ1n) is 5.55. The number of rotatable bonds is 1. The number of phenols is 1. The summed E-state index contributed by atoms with van der Waals surface area (Å²) in [6.45, 7) is 6.45. The summed E-state index contributed by atoms with van der Waals surface area (Å²) in [6.07, 6.45) is 1.05. The molecular formula is C13H18O3. The van der Waals surface area contributed by atoms with Crippen molar-refractivity contribution in [3.05, 3.63) is 22.3 Å². The monoisotopic (exact) mass is 222 g/mol. The highest BCUT2D eigenvalue weighted by Gasteiger charge is 2.25. The molecule has 1 N–H and O–H groups in total. The van der Waals surface area contributed by atoms with Crippen LogP contribution < -0.4 is 4.74 Å². The lowest BCUT2D eigenvalue weighted by Crippen LogP contribution is -2.21. The molecule has 0 saturated carbocycles. The Morgan fingerprint density at radius 1 is 1.25 bits per heavy atom. The van der Waals surface area contributed by atoms with E-state index >= 15 is 0 Å². The lowest BCUT2D eigenvalue weighted by molar-refractivity contribution is 0.0392. The summed E-state index contributed by atoms with van der Waals surface area (Å²) in [5.74, 6) is 1.12. The minimum Gasteiger partial charge on any atom is -0.507 e. The maximum atomic E-state index is 10.0. The highest BCUT2D eigenvalue weighted by atomic mass is 16.5. The van der Waals surface area contributed by atoms with E-state index in [4.69, 9.17) is 9.47 Å². The van der Waals surface area contributed by atoms with Gasteiger partial charge in [0.2, 0.25) is 0 Å². The fraction of sp³-hybridized carbons (Fsp3) is 0.538. The SMILES string of the molecule is COc1c(C)c(O)c(C)c2c1COC(C)C2. The fourth-order valence-corrected chi connectivity index (χ4v) is 2.40. The van der Waals surface area contributed by atoms with Gasteiger partial charge in [-0.05, 0) is 38.3 Å². The fourth-order valence-electron chi connectivity index (χ4n) is 2.40. The van der Waals surface area contributed by atoms with Gasteiger partial charge in [0.15, 0.2) is 0 Å². The Morgan fingerprint density at radius 2 is 1.94 bits per heavy atom. The van der Waals surface area contributed by atoms with Gasteiger partial charge in [0.25, 0.3) is 0 Å². The van der Waals surface area contributed by atoms with Crippen molar-refractivity contribution in [2.24, 2.45) is 0 Å². The van der Waals surface area contributed by atoms with E-state index in [1.807, 2.05) is 20.8 Å². The first kappa shape index (κ1) is 11.3. The number of fused-ring (bicyclic) bond motifs is 1. The van der Waals surface area contributed by atoms with Gasteiger partial charge in [-0.2, -0.15) is 0 Å². The summed E-state index contributed by atoms with van der Waals surface area (Å²) >= 11 is 0. The Hall–Kier alpha value is -1.22. The molecule has 1 unspecified atom stereocenters. The average molecular weight is 222 g/mol. The molecule has 1 aliphatic heterocycles. The van der Waals surface area contributed by atoms with Gasteiger partial charge in [0, 0.05) is 11.1 Å². The van der Waals surface area contributed by atoms with Crippen LogP contribution in [0.3, 0.4) is 0 Å². The van der Waals surface area contributed by atoms with E-state index in [0.717, 1.165) is 28.9 Å². The highest BCUT2D eigenvalue weighted by Crippen LogP contribution is 2.40. The zero-order valence-electron chi connectivity index (χ0n) is 10.3. The van der Waals surface area contributed by atoms with Crippen LogP contribution >= 0.6 is 0 Å². The van der Waals surface area contributed by atoms with Crippen molar-refractivity contribution < 1.29 is 14.6 Å². The van der Waals surface area contributed by atoms with Gasteiger partial charge < -0.3 is 14.6 Å². The Bertz CT molecular complexity index is 424. The van der Waals surface area contributed by atoms with Crippen molar-refractivity contribution in [1.29, 1.82) is 0 Å². The molecule has 0 aliphatic carbocycles. The Morgan fingerprint density at radius 3 is 2.56 bits per heavy atom. The first-order valence-corrected chi connectivity index (χ1v) is 5.55. The summed E-state index contributed by atoms with van der Waals surface area (Å²) in [5.41, 5.74) is 4.03. The standard InChI is InChI=1S/C13H18O3/c1-7-5-10-8(2)12(14)9(3)13(15-4)11(10)6-16-7/h7,14H,5-6H2,1-4H3. The van der Waals surface area contributed by atoms with Crippen molar-refractivity contribution in [2.75, 3.05) is 7.11 Å². The van der Waals surface area contributed by atoms with Crippen molar-refractivity contribution >= 4 is 0 Å². The molecule has 3 heteroatoms. The summed E-state index contributed by atoms with van der Waals surface area (Å²) in [6, 6.07) is 0. The van der Waals surface area contributed by atoms with Crippen molar-refractivity contribution in [2.45, 2.75) is 39.9 Å². The predicted molar refractivity (Wildman–Crippen MR) is 62.1 cm³/mol. The molecule has 16 heavy (non-hydrogen) atoms. The third-order valence-corrected chi connectivity index (χ3v) is 3.35. The van der Waals surface area contributed by atoms with Crippen LogP contribution in [0.4, 0.5) is 0 Å². The van der Waals surface area contributed by atoms with Crippen LogP contribution in [0.15, 0.2) is 0 Å². The van der Waals surface area contributed by atoms with E-state index in [9.17, 15) is 5.11 Å². The molecule has 1 aromatic rings. The van der Waals surface area contributed by atoms with Gasteiger partial charge in [0.1, 0.15) is 11.5 Å². The first-order chi connectivity index (χ1) is 7.56. The Kier molecular flexibility index (Phi) is 2.80. The van der Waals surface area contributed by atoms with Gasteiger partial charge in [-0.25, -0.2) is 0 Å². The molecule has 3 nitrogen and oxygen atoms in total. The average Bonchev–Trinajstić information content (AvgIpc) is 2.28. The molecule has 1 heterocycles. The van der Waals surface area contributed by atoms with Gasteiger partial charge in [-0.1, -0.05) is 0 Å². The van der Waals surface area contributed by atoms with Crippen LogP contribution in [0.2, 0.25) is 0 Å². The van der Waals surface area contributed by atoms with Crippen molar-refractivity contribution in [3.8, 4) is 11.5 Å². The molecule has 0 spiro atoms. The Labute approximate surface area is 96.0 Å². The number of hydrogen-bond donors (Lipinski definition) is 1. The zero-order chi connectivity index (χ0) is 11.9. The summed E-state index contributed by atoms with van der Waals surface area (Å²) < 4.78 is 11.0. The number of phenolic OH excluding ortho intramolecular Hbond substituents is 1. The molecule has 0 saturated heterocycles. The highest BCUT2D eigenvalue weighted by molar-refractivity contribution is 5.58. The zero-order valence-corrected chi connectivity index (χ0v) is 10.3. The van der Waals surface area contributed by atoms with Crippen LogP contribution in [0.25, 0.3) is 0 Å². The quantitative estimate of drug-likeness (QED) is 0.793. The van der Waals surface area contributed by atoms with E-state index in [-0.39, 0.29) is 6.10 Å². The second-order valence-corrected chi connectivity index (χ2v) is 4.41. The smallest absolute Gasteiger partial charge is 0.131 e. The minimum atomic E-state index is 0.206. The molecule has 0 bridgehead atoms. The van der Waals surface area contributed by atoms with Crippen LogP contribution in [-0.2, 0) is 17.8 Å². The van der Waals surface area contributed by atoms with Gasteiger partial charge in [0.05, 0.1) is 19.8 Å². The molecule has 0 fully saturated rings. The van der Waals surface area contributed by atoms with E-state index < -0.39 is 0 Å². The van der Waals surface area contributed by atoms with E-state index in [2.05, 4.69) is 0 Å². The second kappa shape index (κ2) is 3.98. The number of hydrogen-bond acceptors (Lipinski definition) is 3.